The topological polar surface area (TPSA) is 53.1 Å². The molecule has 0 spiro atoms. The van der Waals surface area contributed by atoms with Crippen LogP contribution in [0.1, 0.15) is 18.9 Å². The van der Waals surface area contributed by atoms with Crippen LogP contribution in [0.4, 0.5) is 5.82 Å². The van der Waals surface area contributed by atoms with Crippen molar-refractivity contribution >= 4 is 5.82 Å². The molecule has 4 heteroatoms. The second kappa shape index (κ2) is 4.05. The van der Waals surface area contributed by atoms with Crippen LogP contribution in [0.5, 0.6) is 5.75 Å². The van der Waals surface area contributed by atoms with E-state index in [0.29, 0.717) is 5.82 Å². The quantitative estimate of drug-likeness (QED) is 0.836. The first-order valence-corrected chi connectivity index (χ1v) is 6.23. The number of aromatic nitrogens is 2. The van der Waals surface area contributed by atoms with Crippen LogP contribution in [0, 0.1) is 0 Å². The van der Waals surface area contributed by atoms with Gasteiger partial charge in [0.25, 0.3) is 0 Å². The Hall–Kier alpha value is -1.97. The van der Waals surface area contributed by atoms with E-state index in [1.165, 1.54) is 5.56 Å². The smallest absolute Gasteiger partial charge is 0.132 e. The largest absolute Gasteiger partial charge is 0.490 e. The maximum Gasteiger partial charge on any atom is 0.132 e. The molecule has 1 unspecified atom stereocenters. The van der Waals surface area contributed by atoms with Crippen molar-refractivity contribution in [3.8, 4) is 17.0 Å². The van der Waals surface area contributed by atoms with Gasteiger partial charge in [-0.2, -0.15) is 5.10 Å². The number of fused-ring (bicyclic) bond motifs is 1. The van der Waals surface area contributed by atoms with Crippen LogP contribution in [-0.2, 0) is 13.5 Å². The molecule has 2 aromatic rings. The van der Waals surface area contributed by atoms with E-state index in [2.05, 4.69) is 24.2 Å². The molecule has 1 aliphatic rings. The highest BCUT2D eigenvalue weighted by molar-refractivity contribution is 5.71. The van der Waals surface area contributed by atoms with Gasteiger partial charge in [-0.15, -0.1) is 0 Å². The Balaban J connectivity index is 2.12. The second-order valence-electron chi connectivity index (χ2n) is 4.84. The molecule has 0 radical (unpaired) electrons. The van der Waals surface area contributed by atoms with E-state index in [-0.39, 0.29) is 6.10 Å². The number of rotatable bonds is 1. The summed E-state index contributed by atoms with van der Waals surface area (Å²) in [6.45, 7) is 2.10. The van der Waals surface area contributed by atoms with Crippen molar-refractivity contribution in [2.24, 2.45) is 7.05 Å². The summed E-state index contributed by atoms with van der Waals surface area (Å²) in [5, 5.41) is 4.43. The van der Waals surface area contributed by atoms with Crippen molar-refractivity contribution < 1.29 is 4.74 Å². The maximum atomic E-state index is 5.98. The monoisotopic (exact) mass is 243 g/mol. The number of nitrogens with two attached hydrogens (primary N) is 1. The number of para-hydroxylation sites is 1. The summed E-state index contributed by atoms with van der Waals surface area (Å²) in [6.07, 6.45) is 2.40. The van der Waals surface area contributed by atoms with E-state index in [4.69, 9.17) is 10.5 Å². The summed E-state index contributed by atoms with van der Waals surface area (Å²) < 4.78 is 7.66. The molecule has 1 aromatic carbocycles. The highest BCUT2D eigenvalue weighted by Gasteiger charge is 2.21. The van der Waals surface area contributed by atoms with Gasteiger partial charge >= 0.3 is 0 Å². The SMILES string of the molecule is CC1CCc2cccc(-c3cc(N)n(C)n3)c2O1. The lowest BCUT2D eigenvalue weighted by Crippen LogP contribution is -2.19. The number of nitrogens with zero attached hydrogens (tertiary/aromatic N) is 2. The van der Waals surface area contributed by atoms with Gasteiger partial charge in [-0.1, -0.05) is 12.1 Å². The van der Waals surface area contributed by atoms with Gasteiger partial charge < -0.3 is 10.5 Å². The van der Waals surface area contributed by atoms with Gasteiger partial charge in [0, 0.05) is 18.7 Å². The van der Waals surface area contributed by atoms with Crippen molar-refractivity contribution in [2.45, 2.75) is 25.9 Å². The number of hydrogen-bond donors (Lipinski definition) is 1. The zero-order chi connectivity index (χ0) is 12.7. The summed E-state index contributed by atoms with van der Waals surface area (Å²) in [5.41, 5.74) is 9.01. The molecule has 4 nitrogen and oxygen atoms in total. The average Bonchev–Trinajstić information content (AvgIpc) is 2.68. The molecule has 1 aliphatic heterocycles. The third-order valence-electron chi connectivity index (χ3n) is 3.43. The molecular formula is C14H17N3O. The Labute approximate surface area is 106 Å². The van der Waals surface area contributed by atoms with Gasteiger partial charge in [0.1, 0.15) is 11.6 Å². The fourth-order valence-corrected chi connectivity index (χ4v) is 2.35. The van der Waals surface area contributed by atoms with Crippen molar-refractivity contribution in [1.82, 2.24) is 9.78 Å². The number of aryl methyl sites for hydroxylation is 2. The van der Waals surface area contributed by atoms with Crippen LogP contribution < -0.4 is 10.5 Å². The van der Waals surface area contributed by atoms with E-state index >= 15 is 0 Å². The number of hydrogen-bond acceptors (Lipinski definition) is 3. The third kappa shape index (κ3) is 1.74. The molecule has 0 fully saturated rings. The summed E-state index contributed by atoms with van der Waals surface area (Å²) in [6, 6.07) is 8.10. The fourth-order valence-electron chi connectivity index (χ4n) is 2.35. The van der Waals surface area contributed by atoms with Gasteiger partial charge in [-0.05, 0) is 31.4 Å². The molecule has 2 heterocycles. The fraction of sp³-hybridized carbons (Fsp3) is 0.357. The normalized spacial score (nSPS) is 18.2. The Morgan fingerprint density at radius 3 is 3.00 bits per heavy atom. The van der Waals surface area contributed by atoms with E-state index in [0.717, 1.165) is 29.8 Å². The lowest BCUT2D eigenvalue weighted by atomic mass is 9.98. The van der Waals surface area contributed by atoms with Crippen LogP contribution in [0.2, 0.25) is 0 Å². The molecule has 1 atom stereocenters. The first-order chi connectivity index (χ1) is 8.65. The summed E-state index contributed by atoms with van der Waals surface area (Å²) in [5.74, 6) is 1.63. The van der Waals surface area contributed by atoms with Crippen LogP contribution in [-0.4, -0.2) is 15.9 Å². The Morgan fingerprint density at radius 2 is 2.28 bits per heavy atom. The molecule has 2 N–H and O–H groups in total. The minimum atomic E-state index is 0.264. The van der Waals surface area contributed by atoms with Crippen LogP contribution in [0.25, 0.3) is 11.3 Å². The molecule has 0 saturated heterocycles. The molecule has 1 aromatic heterocycles. The predicted octanol–water partition coefficient (Wildman–Crippen LogP) is 2.38. The number of nitrogen functional groups attached to an aromatic ring is 1. The van der Waals surface area contributed by atoms with Gasteiger partial charge in [0.2, 0.25) is 0 Å². The highest BCUT2D eigenvalue weighted by Crippen LogP contribution is 2.37. The van der Waals surface area contributed by atoms with Gasteiger partial charge in [-0.25, -0.2) is 0 Å². The van der Waals surface area contributed by atoms with Crippen molar-refractivity contribution in [1.29, 1.82) is 0 Å². The second-order valence-corrected chi connectivity index (χ2v) is 4.84. The van der Waals surface area contributed by atoms with Crippen LogP contribution in [0.15, 0.2) is 24.3 Å². The predicted molar refractivity (Wildman–Crippen MR) is 71.5 cm³/mol. The van der Waals surface area contributed by atoms with E-state index in [9.17, 15) is 0 Å². The Bertz CT molecular complexity index is 569. The average molecular weight is 243 g/mol. The van der Waals surface area contributed by atoms with Crippen LogP contribution >= 0.6 is 0 Å². The summed E-state index contributed by atoms with van der Waals surface area (Å²) in [4.78, 5) is 0. The minimum Gasteiger partial charge on any atom is -0.490 e. The molecule has 3 rings (SSSR count). The summed E-state index contributed by atoms with van der Waals surface area (Å²) in [7, 11) is 1.84. The number of anilines is 1. The van der Waals surface area contributed by atoms with E-state index in [1.807, 2.05) is 19.2 Å². The standard InChI is InChI=1S/C14H17N3O/c1-9-6-7-10-4-3-5-11(14(10)18-9)12-8-13(15)17(2)16-12/h3-5,8-9H,6-7,15H2,1-2H3. The first kappa shape index (κ1) is 11.1. The number of ether oxygens (including phenoxy) is 1. The molecule has 0 aliphatic carbocycles. The maximum absolute atomic E-state index is 5.98. The van der Waals surface area contributed by atoms with Gasteiger partial charge in [0.05, 0.1) is 11.8 Å². The van der Waals surface area contributed by atoms with E-state index in [1.54, 1.807) is 4.68 Å². The van der Waals surface area contributed by atoms with Crippen molar-refractivity contribution in [3.63, 3.8) is 0 Å². The zero-order valence-corrected chi connectivity index (χ0v) is 10.7. The van der Waals surface area contributed by atoms with Gasteiger partial charge in [-0.3, -0.25) is 4.68 Å². The summed E-state index contributed by atoms with van der Waals surface area (Å²) >= 11 is 0. The molecule has 0 bridgehead atoms. The van der Waals surface area contributed by atoms with Crippen molar-refractivity contribution in [2.75, 3.05) is 5.73 Å². The Morgan fingerprint density at radius 1 is 1.44 bits per heavy atom. The molecule has 0 amide bonds. The zero-order valence-electron chi connectivity index (χ0n) is 10.7. The molecule has 94 valence electrons. The van der Waals surface area contributed by atoms with Crippen molar-refractivity contribution in [3.05, 3.63) is 29.8 Å². The molecular weight excluding hydrogens is 226 g/mol. The molecule has 18 heavy (non-hydrogen) atoms. The lowest BCUT2D eigenvalue weighted by molar-refractivity contribution is 0.193. The minimum absolute atomic E-state index is 0.264. The Kier molecular flexibility index (Phi) is 2.51. The number of benzene rings is 1. The molecule has 0 saturated carbocycles. The van der Waals surface area contributed by atoms with E-state index < -0.39 is 0 Å². The first-order valence-electron chi connectivity index (χ1n) is 6.23. The van der Waals surface area contributed by atoms with Crippen LogP contribution in [0.3, 0.4) is 0 Å². The van der Waals surface area contributed by atoms with Gasteiger partial charge in [0.15, 0.2) is 0 Å². The highest BCUT2D eigenvalue weighted by atomic mass is 16.5. The lowest BCUT2D eigenvalue weighted by Gasteiger charge is -2.25. The third-order valence-corrected chi connectivity index (χ3v) is 3.43.